The van der Waals surface area contributed by atoms with E-state index in [1.165, 1.54) is 34.7 Å². The number of methoxy groups -OCH3 is 2. The van der Waals surface area contributed by atoms with Crippen molar-refractivity contribution in [3.8, 4) is 11.5 Å². The van der Waals surface area contributed by atoms with Gasteiger partial charge in [0.2, 0.25) is 5.91 Å². The number of aromatic nitrogens is 1. The van der Waals surface area contributed by atoms with Crippen LogP contribution in [0.4, 0.5) is 5.69 Å². The minimum Gasteiger partial charge on any atom is -0.497 e. The number of hydrogen-bond donors (Lipinski definition) is 1. The Bertz CT molecular complexity index is 1080. The van der Waals surface area contributed by atoms with Gasteiger partial charge in [-0.2, -0.15) is 0 Å². The van der Waals surface area contributed by atoms with Crippen LogP contribution in [0.5, 0.6) is 11.5 Å². The maximum Gasteiger partial charge on any atom is 0.234 e. The molecule has 0 unspecified atom stereocenters. The maximum absolute atomic E-state index is 12.5. The van der Waals surface area contributed by atoms with E-state index in [1.54, 1.807) is 32.4 Å². The molecule has 0 fully saturated rings. The molecule has 0 atom stereocenters. The Morgan fingerprint density at radius 1 is 1.10 bits per heavy atom. The van der Waals surface area contributed by atoms with Crippen LogP contribution in [0, 0.1) is 6.92 Å². The average molecular weight is 409 g/mol. The lowest BCUT2D eigenvalue weighted by atomic mass is 10.1. The van der Waals surface area contributed by atoms with Crippen LogP contribution in [-0.4, -0.2) is 30.9 Å². The van der Waals surface area contributed by atoms with Gasteiger partial charge >= 0.3 is 0 Å². The summed E-state index contributed by atoms with van der Waals surface area (Å²) >= 11 is 1.45. The van der Waals surface area contributed by atoms with E-state index in [0.29, 0.717) is 17.2 Å². The minimum atomic E-state index is -0.114. The predicted octanol–water partition coefficient (Wildman–Crippen LogP) is 4.78. The summed E-state index contributed by atoms with van der Waals surface area (Å²) in [4.78, 5) is 17.4. The molecule has 4 rings (SSSR count). The van der Waals surface area contributed by atoms with Crippen LogP contribution in [0.15, 0.2) is 41.4 Å². The first kappa shape index (κ1) is 19.6. The molecule has 0 radical (unpaired) electrons. The number of carbonyl (C=O) groups is 1. The maximum atomic E-state index is 12.5. The number of carbonyl (C=O) groups excluding carboxylic acids is 1. The monoisotopic (exact) mass is 408 g/mol. The molecule has 0 saturated heterocycles. The normalized spacial score (nSPS) is 12.7. The fourth-order valence-electron chi connectivity index (χ4n) is 3.71. The molecule has 1 heterocycles. The van der Waals surface area contributed by atoms with Crippen LogP contribution in [0.2, 0.25) is 0 Å². The number of pyridine rings is 1. The summed E-state index contributed by atoms with van der Waals surface area (Å²) in [5, 5.41) is 4.98. The molecule has 0 bridgehead atoms. The number of fused-ring (bicyclic) bond motifs is 2. The number of aryl methyl sites for hydroxylation is 3. The van der Waals surface area contributed by atoms with Crippen LogP contribution in [0.3, 0.4) is 0 Å². The minimum absolute atomic E-state index is 0.114. The third kappa shape index (κ3) is 4.17. The number of rotatable bonds is 6. The number of ether oxygens (including phenoxy) is 2. The number of amides is 1. The highest BCUT2D eigenvalue weighted by atomic mass is 32.2. The Morgan fingerprint density at radius 3 is 2.66 bits per heavy atom. The third-order valence-electron chi connectivity index (χ3n) is 5.19. The van der Waals surface area contributed by atoms with E-state index < -0.39 is 0 Å². The average Bonchev–Trinajstić information content (AvgIpc) is 3.17. The van der Waals surface area contributed by atoms with Crippen molar-refractivity contribution in [2.24, 2.45) is 0 Å². The Morgan fingerprint density at radius 2 is 1.90 bits per heavy atom. The molecule has 0 spiro atoms. The topological polar surface area (TPSA) is 60.5 Å². The van der Waals surface area contributed by atoms with Gasteiger partial charge in [-0.15, -0.1) is 0 Å². The molecule has 1 N–H and O–H groups in total. The van der Waals surface area contributed by atoms with Crippen LogP contribution in [-0.2, 0) is 17.6 Å². The number of nitrogens with zero attached hydrogens (tertiary/aromatic N) is 1. The highest BCUT2D eigenvalue weighted by Gasteiger charge is 2.15. The fourth-order valence-corrected chi connectivity index (χ4v) is 4.50. The van der Waals surface area contributed by atoms with E-state index in [1.807, 2.05) is 6.92 Å². The summed E-state index contributed by atoms with van der Waals surface area (Å²) in [6.07, 6.45) is 3.52. The molecule has 2 aromatic carbocycles. The lowest BCUT2D eigenvalue weighted by molar-refractivity contribution is -0.113. The van der Waals surface area contributed by atoms with Crippen molar-refractivity contribution < 1.29 is 14.3 Å². The van der Waals surface area contributed by atoms with Crippen molar-refractivity contribution in [3.63, 3.8) is 0 Å². The first-order valence-electron chi connectivity index (χ1n) is 9.65. The molecule has 29 heavy (non-hydrogen) atoms. The van der Waals surface area contributed by atoms with Crippen molar-refractivity contribution in [2.75, 3.05) is 25.3 Å². The van der Waals surface area contributed by atoms with Gasteiger partial charge in [0.15, 0.2) is 0 Å². The summed E-state index contributed by atoms with van der Waals surface area (Å²) < 4.78 is 10.6. The fraction of sp³-hybridized carbons (Fsp3) is 0.304. The molecule has 3 aromatic rings. The number of nitrogens with one attached hydrogen (secondary N) is 1. The second-order valence-electron chi connectivity index (χ2n) is 7.18. The summed E-state index contributed by atoms with van der Waals surface area (Å²) in [6.45, 7) is 2.05. The first-order chi connectivity index (χ1) is 14.1. The van der Waals surface area contributed by atoms with Crippen molar-refractivity contribution in [1.29, 1.82) is 0 Å². The summed E-state index contributed by atoms with van der Waals surface area (Å²) in [5.41, 5.74) is 5.55. The summed E-state index contributed by atoms with van der Waals surface area (Å²) in [5.74, 6) is 1.41. The zero-order chi connectivity index (χ0) is 20.4. The second-order valence-corrected chi connectivity index (χ2v) is 8.14. The summed E-state index contributed by atoms with van der Waals surface area (Å²) in [7, 11) is 3.16. The molecule has 6 heteroatoms. The second kappa shape index (κ2) is 8.33. The number of thioether (sulfide) groups is 1. The molecule has 0 aliphatic heterocycles. The quantitative estimate of drug-likeness (QED) is 0.595. The van der Waals surface area contributed by atoms with E-state index in [0.717, 1.165) is 28.9 Å². The Labute approximate surface area is 174 Å². The Kier molecular flexibility index (Phi) is 5.62. The van der Waals surface area contributed by atoms with E-state index in [-0.39, 0.29) is 11.7 Å². The van der Waals surface area contributed by atoms with E-state index in [2.05, 4.69) is 23.5 Å². The van der Waals surface area contributed by atoms with Crippen molar-refractivity contribution in [3.05, 3.63) is 53.1 Å². The molecule has 1 amide bonds. The van der Waals surface area contributed by atoms with Gasteiger partial charge in [0, 0.05) is 11.5 Å². The lowest BCUT2D eigenvalue weighted by Crippen LogP contribution is -2.15. The van der Waals surface area contributed by atoms with E-state index in [4.69, 9.17) is 14.5 Å². The molecular weight excluding hydrogens is 384 g/mol. The van der Waals surface area contributed by atoms with Gasteiger partial charge in [-0.05, 0) is 73.2 Å². The smallest absolute Gasteiger partial charge is 0.234 e. The van der Waals surface area contributed by atoms with Crippen LogP contribution < -0.4 is 14.8 Å². The number of benzene rings is 2. The van der Waals surface area contributed by atoms with E-state index >= 15 is 0 Å². The zero-order valence-electron chi connectivity index (χ0n) is 16.9. The molecule has 5 nitrogen and oxygen atoms in total. The SMILES string of the molecule is COc1ccc(OC)c(NC(=O)CSc2nc3cc4c(cc3cc2C)CCC4)c1. The van der Waals surface area contributed by atoms with Crippen LogP contribution in [0.25, 0.3) is 10.9 Å². The van der Waals surface area contributed by atoms with Crippen LogP contribution in [0.1, 0.15) is 23.1 Å². The molecule has 1 aliphatic rings. The van der Waals surface area contributed by atoms with Gasteiger partial charge in [0.25, 0.3) is 0 Å². The van der Waals surface area contributed by atoms with Gasteiger partial charge in [-0.1, -0.05) is 11.8 Å². The van der Waals surface area contributed by atoms with E-state index in [9.17, 15) is 4.79 Å². The van der Waals surface area contributed by atoms with Crippen molar-refractivity contribution in [1.82, 2.24) is 4.98 Å². The van der Waals surface area contributed by atoms with Crippen molar-refractivity contribution >= 4 is 34.3 Å². The van der Waals surface area contributed by atoms with Gasteiger partial charge in [0.05, 0.1) is 31.2 Å². The molecule has 1 aliphatic carbocycles. The third-order valence-corrected chi connectivity index (χ3v) is 6.29. The standard InChI is InChI=1S/C23H24N2O3S/c1-14-9-17-10-15-5-4-6-16(15)11-19(17)25-23(14)29-13-22(26)24-20-12-18(27-2)7-8-21(20)28-3/h7-12H,4-6,13H2,1-3H3,(H,24,26). The summed E-state index contributed by atoms with van der Waals surface area (Å²) in [6, 6.07) is 12.0. The van der Waals surface area contributed by atoms with Crippen LogP contribution >= 0.6 is 11.8 Å². The first-order valence-corrected chi connectivity index (χ1v) is 10.6. The molecule has 1 aromatic heterocycles. The largest absolute Gasteiger partial charge is 0.497 e. The van der Waals surface area contributed by atoms with Gasteiger partial charge in [0.1, 0.15) is 16.5 Å². The lowest BCUT2D eigenvalue weighted by Gasteiger charge is -2.12. The van der Waals surface area contributed by atoms with Gasteiger partial charge in [-0.25, -0.2) is 4.98 Å². The number of hydrogen-bond acceptors (Lipinski definition) is 5. The zero-order valence-corrected chi connectivity index (χ0v) is 17.7. The van der Waals surface area contributed by atoms with Crippen molar-refractivity contribution in [2.45, 2.75) is 31.2 Å². The highest BCUT2D eigenvalue weighted by molar-refractivity contribution is 8.00. The molecule has 0 saturated carbocycles. The van der Waals surface area contributed by atoms with Gasteiger partial charge in [-0.3, -0.25) is 4.79 Å². The Hall–Kier alpha value is -2.73. The highest BCUT2D eigenvalue weighted by Crippen LogP contribution is 2.31. The molecule has 150 valence electrons. The number of anilines is 1. The Balaban J connectivity index is 1.49. The molecular formula is C23H24N2O3S. The predicted molar refractivity (Wildman–Crippen MR) is 117 cm³/mol. The van der Waals surface area contributed by atoms with Gasteiger partial charge < -0.3 is 14.8 Å².